The molecule has 2 N–H and O–H groups in total. The molecule has 0 saturated heterocycles. The molecular weight excluding hydrogens is 267 g/mol. The topological polar surface area (TPSA) is 111 Å². The molecule has 1 aromatic rings. The first-order valence-corrected chi connectivity index (χ1v) is 5.91. The third-order valence-electron chi connectivity index (χ3n) is 2.37. The van der Waals surface area contributed by atoms with E-state index in [9.17, 15) is 19.9 Å². The minimum absolute atomic E-state index is 0.281. The van der Waals surface area contributed by atoms with Gasteiger partial charge in [-0.25, -0.2) is 0 Å². The molecule has 20 heavy (non-hydrogen) atoms. The summed E-state index contributed by atoms with van der Waals surface area (Å²) in [5.74, 6) is -0.739. The van der Waals surface area contributed by atoms with Crippen molar-refractivity contribution in [3.05, 3.63) is 46.0 Å². The molecule has 0 fully saturated rings. The molecule has 9 heteroatoms. The van der Waals surface area contributed by atoms with E-state index in [4.69, 9.17) is 0 Å². The second-order valence-electron chi connectivity index (χ2n) is 4.02. The van der Waals surface area contributed by atoms with Crippen LogP contribution in [0.1, 0.15) is 5.56 Å². The van der Waals surface area contributed by atoms with Gasteiger partial charge in [0.1, 0.15) is 6.04 Å². The molecule has 0 spiro atoms. The molecule has 0 radical (unpaired) electrons. The van der Waals surface area contributed by atoms with Crippen molar-refractivity contribution in [3.63, 3.8) is 0 Å². The molecule has 1 unspecified atom stereocenters. The van der Waals surface area contributed by atoms with Gasteiger partial charge in [0.05, 0.1) is 0 Å². The maximum atomic E-state index is 11.8. The molecule has 1 atom stereocenters. The summed E-state index contributed by atoms with van der Waals surface area (Å²) in [5, 5.41) is 20.8. The molecule has 8 nitrogen and oxygen atoms in total. The molecule has 0 aromatic heterocycles. The lowest BCUT2D eigenvalue weighted by Gasteiger charge is -2.17. The van der Waals surface area contributed by atoms with Gasteiger partial charge in [-0.1, -0.05) is 30.3 Å². The van der Waals surface area contributed by atoms with Gasteiger partial charge >= 0.3 is 13.0 Å². The molecule has 0 aliphatic carbocycles. The highest BCUT2D eigenvalue weighted by atomic mass is 17.0. The first-order valence-electron chi connectivity index (χ1n) is 5.91. The lowest BCUT2D eigenvalue weighted by molar-refractivity contribution is -0.765. The van der Waals surface area contributed by atoms with Crippen LogP contribution in [0.15, 0.2) is 30.3 Å². The summed E-state index contributed by atoms with van der Waals surface area (Å²) in [4.78, 5) is 25.6. The fourth-order valence-corrected chi connectivity index (χ4v) is 1.58. The highest BCUT2D eigenvalue weighted by Crippen LogP contribution is 2.05. The van der Waals surface area contributed by atoms with E-state index in [1.807, 2.05) is 30.3 Å². The Morgan fingerprint density at radius 2 is 2.15 bits per heavy atom. The molecule has 0 aliphatic heterocycles. The molecule has 108 valence electrons. The van der Waals surface area contributed by atoms with E-state index in [0.29, 0.717) is 0 Å². The maximum absolute atomic E-state index is 11.8. The number of carbonyl (C=O) groups excluding carboxylic acids is 1. The Morgan fingerprint density at radius 3 is 2.70 bits per heavy atom. The number of benzene rings is 1. The predicted octanol–water partition coefficient (Wildman–Crippen LogP) is 0.00660. The van der Waals surface area contributed by atoms with Crippen LogP contribution in [0.4, 0.5) is 0 Å². The third kappa shape index (κ3) is 6.16. The Kier molecular flexibility index (Phi) is 6.47. The van der Waals surface area contributed by atoms with Gasteiger partial charge in [-0.3, -0.25) is 9.63 Å². The van der Waals surface area contributed by atoms with Crippen LogP contribution in [-0.4, -0.2) is 36.0 Å². The lowest BCUT2D eigenvalue weighted by Crippen LogP contribution is -2.47. The van der Waals surface area contributed by atoms with Crippen molar-refractivity contribution < 1.29 is 24.5 Å². The molecule has 0 bridgehead atoms. The highest BCUT2D eigenvalue weighted by molar-refractivity contribution is 6.46. The van der Waals surface area contributed by atoms with Crippen LogP contribution >= 0.6 is 0 Å². The number of nitrogens with one attached hydrogen (secondary N) is 1. The minimum atomic E-state index is -1.05. The zero-order valence-corrected chi connectivity index (χ0v) is 10.9. The van der Waals surface area contributed by atoms with Crippen molar-refractivity contribution >= 4 is 13.0 Å². The summed E-state index contributed by atoms with van der Waals surface area (Å²) in [6.45, 7) is 0.678. The first-order chi connectivity index (χ1) is 9.49. The number of esters is 1. The standard InChI is InChI=1S/C11H15BN2O6/c1-12(16)13-10(7-9-5-3-2-4-6-9)11(15)19-8-20-14(17)18/h2-6,10,13,16H,7-8H2,1H3. The third-order valence-corrected chi connectivity index (χ3v) is 2.37. The monoisotopic (exact) mass is 282 g/mol. The van der Waals surface area contributed by atoms with Crippen molar-refractivity contribution in [1.29, 1.82) is 0 Å². The van der Waals surface area contributed by atoms with Gasteiger partial charge in [0.15, 0.2) is 0 Å². The second-order valence-corrected chi connectivity index (χ2v) is 4.02. The Bertz CT molecular complexity index is 442. The Morgan fingerprint density at radius 1 is 1.50 bits per heavy atom. The largest absolute Gasteiger partial charge is 0.437 e. The molecular formula is C11H15BN2O6. The molecule has 1 aromatic carbocycles. The number of nitrogens with zero attached hydrogens (tertiary/aromatic N) is 1. The quantitative estimate of drug-likeness (QED) is 0.227. The summed E-state index contributed by atoms with van der Waals surface area (Å²) in [6.07, 6.45) is 0.281. The molecule has 0 heterocycles. The predicted molar refractivity (Wildman–Crippen MR) is 69.9 cm³/mol. The normalized spacial score (nSPS) is 11.5. The van der Waals surface area contributed by atoms with Crippen molar-refractivity contribution in [2.45, 2.75) is 19.3 Å². The average molecular weight is 282 g/mol. The van der Waals surface area contributed by atoms with Crippen LogP contribution < -0.4 is 5.23 Å². The fraction of sp³-hybridized carbons (Fsp3) is 0.364. The number of hydrogen-bond acceptors (Lipinski definition) is 7. The zero-order chi connectivity index (χ0) is 15.0. The molecule has 0 aliphatic rings. The second kappa shape index (κ2) is 8.13. The molecule has 0 amide bonds. The Balaban J connectivity index is 2.59. The fourth-order valence-electron chi connectivity index (χ4n) is 1.58. The Labute approximate surface area is 115 Å². The zero-order valence-electron chi connectivity index (χ0n) is 10.9. The lowest BCUT2D eigenvalue weighted by atomic mass is 9.86. The van der Waals surface area contributed by atoms with E-state index in [1.165, 1.54) is 6.82 Å². The van der Waals surface area contributed by atoms with E-state index in [-0.39, 0.29) is 6.42 Å². The summed E-state index contributed by atoms with van der Waals surface area (Å²) in [7, 11) is -0.923. The van der Waals surface area contributed by atoms with E-state index in [1.54, 1.807) is 0 Å². The first kappa shape index (κ1) is 15.9. The van der Waals surface area contributed by atoms with Gasteiger partial charge in [0.2, 0.25) is 6.79 Å². The number of carbonyl (C=O) groups is 1. The summed E-state index contributed by atoms with van der Waals surface area (Å²) in [6, 6.07) is 8.28. The number of ether oxygens (including phenoxy) is 1. The minimum Gasteiger partial charge on any atom is -0.437 e. The van der Waals surface area contributed by atoms with Crippen LogP contribution in [0.3, 0.4) is 0 Å². The summed E-state index contributed by atoms with van der Waals surface area (Å²) >= 11 is 0. The van der Waals surface area contributed by atoms with E-state index in [0.717, 1.165) is 5.56 Å². The Hall–Kier alpha value is -2.13. The van der Waals surface area contributed by atoms with Crippen molar-refractivity contribution in [3.8, 4) is 0 Å². The number of hydrogen-bond donors (Lipinski definition) is 2. The van der Waals surface area contributed by atoms with Crippen LogP contribution in [-0.2, 0) is 20.8 Å². The van der Waals surface area contributed by atoms with Gasteiger partial charge in [0, 0.05) is 0 Å². The van der Waals surface area contributed by atoms with Crippen molar-refractivity contribution in [2.75, 3.05) is 6.79 Å². The van der Waals surface area contributed by atoms with Gasteiger partial charge in [-0.2, -0.15) is 0 Å². The SMILES string of the molecule is CB(O)NC(Cc1ccccc1)C(=O)OCO[N+](=O)[O-]. The average Bonchev–Trinajstić information content (AvgIpc) is 2.38. The number of rotatable bonds is 8. The highest BCUT2D eigenvalue weighted by Gasteiger charge is 2.23. The van der Waals surface area contributed by atoms with Crippen LogP contribution in [0.2, 0.25) is 6.82 Å². The van der Waals surface area contributed by atoms with Crippen LogP contribution in [0, 0.1) is 10.1 Å². The summed E-state index contributed by atoms with van der Waals surface area (Å²) < 4.78 is 4.61. The van der Waals surface area contributed by atoms with Gasteiger partial charge < -0.3 is 15.0 Å². The van der Waals surface area contributed by atoms with E-state index >= 15 is 0 Å². The van der Waals surface area contributed by atoms with Crippen molar-refractivity contribution in [2.24, 2.45) is 0 Å². The summed E-state index contributed by atoms with van der Waals surface area (Å²) in [5.41, 5.74) is 0.859. The molecule has 1 rings (SSSR count). The van der Waals surface area contributed by atoms with E-state index < -0.39 is 30.9 Å². The van der Waals surface area contributed by atoms with Crippen LogP contribution in [0.5, 0.6) is 0 Å². The smallest absolute Gasteiger partial charge is 0.374 e. The van der Waals surface area contributed by atoms with Gasteiger partial charge in [-0.05, 0) is 18.8 Å². The van der Waals surface area contributed by atoms with Gasteiger partial charge in [0.25, 0.3) is 5.09 Å². The van der Waals surface area contributed by atoms with Crippen LogP contribution in [0.25, 0.3) is 0 Å². The molecule has 0 saturated carbocycles. The van der Waals surface area contributed by atoms with E-state index in [2.05, 4.69) is 14.8 Å². The van der Waals surface area contributed by atoms with Gasteiger partial charge in [-0.15, -0.1) is 10.1 Å². The van der Waals surface area contributed by atoms with Crippen molar-refractivity contribution in [1.82, 2.24) is 5.23 Å². The maximum Gasteiger partial charge on any atom is 0.374 e.